The molecule has 1 aromatic rings. The molecule has 0 radical (unpaired) electrons. The largest absolute Gasteiger partial charge is 0.398 e. The quantitative estimate of drug-likeness (QED) is 0.661. The number of ketones is 1. The number of rotatable bonds is 3. The Morgan fingerprint density at radius 3 is 2.82 bits per heavy atom. The molecule has 17 heavy (non-hydrogen) atoms. The molecular formula is C13H18N2OS. The molecule has 0 spiro atoms. The summed E-state index contributed by atoms with van der Waals surface area (Å²) in [5.74, 6) is 2.43. The molecule has 1 aliphatic rings. The van der Waals surface area contributed by atoms with Gasteiger partial charge in [-0.2, -0.15) is 11.8 Å². The van der Waals surface area contributed by atoms with Crippen LogP contribution in [-0.2, 0) is 0 Å². The number of anilines is 2. The fourth-order valence-electron chi connectivity index (χ4n) is 2.13. The number of carbonyl (C=O) groups is 1. The molecule has 1 heterocycles. The number of hydrogen-bond acceptors (Lipinski definition) is 4. The Bertz CT molecular complexity index is 427. The molecule has 1 aliphatic heterocycles. The zero-order valence-electron chi connectivity index (χ0n) is 10.3. The fourth-order valence-corrected chi connectivity index (χ4v) is 3.40. The van der Waals surface area contributed by atoms with Gasteiger partial charge in [0.25, 0.3) is 0 Å². The summed E-state index contributed by atoms with van der Waals surface area (Å²) in [6.45, 7) is 1.54. The van der Waals surface area contributed by atoms with Gasteiger partial charge >= 0.3 is 0 Å². The zero-order chi connectivity index (χ0) is 12.4. The van der Waals surface area contributed by atoms with Crippen LogP contribution in [0.1, 0.15) is 23.7 Å². The van der Waals surface area contributed by atoms with Gasteiger partial charge in [0.05, 0.1) is 0 Å². The molecule has 2 rings (SSSR count). The lowest BCUT2D eigenvalue weighted by molar-refractivity contribution is 0.101. The Labute approximate surface area is 106 Å². The van der Waals surface area contributed by atoms with Crippen LogP contribution in [0, 0.1) is 0 Å². The average molecular weight is 250 g/mol. The predicted octanol–water partition coefficient (Wildman–Crippen LogP) is 2.41. The highest BCUT2D eigenvalue weighted by Crippen LogP contribution is 2.28. The van der Waals surface area contributed by atoms with Crippen molar-refractivity contribution in [1.29, 1.82) is 0 Å². The molecule has 0 aliphatic carbocycles. The summed E-state index contributed by atoms with van der Waals surface area (Å²) in [5, 5.41) is 0. The van der Waals surface area contributed by atoms with Crippen molar-refractivity contribution < 1.29 is 4.79 Å². The van der Waals surface area contributed by atoms with Crippen molar-refractivity contribution in [1.82, 2.24) is 0 Å². The van der Waals surface area contributed by atoms with Crippen LogP contribution >= 0.6 is 11.8 Å². The van der Waals surface area contributed by atoms with Gasteiger partial charge in [-0.3, -0.25) is 4.79 Å². The molecular weight excluding hydrogens is 232 g/mol. The number of hydrogen-bond donors (Lipinski definition) is 1. The van der Waals surface area contributed by atoms with Crippen LogP contribution in [0.4, 0.5) is 11.4 Å². The van der Waals surface area contributed by atoms with Crippen LogP contribution in [-0.4, -0.2) is 30.4 Å². The Morgan fingerprint density at radius 2 is 2.29 bits per heavy atom. The summed E-state index contributed by atoms with van der Waals surface area (Å²) in [5.41, 5.74) is 8.19. The van der Waals surface area contributed by atoms with Crippen LogP contribution < -0.4 is 10.6 Å². The van der Waals surface area contributed by atoms with Crippen LogP contribution in [0.25, 0.3) is 0 Å². The third-order valence-corrected chi connectivity index (χ3v) is 4.42. The number of thioether (sulfide) groups is 1. The van der Waals surface area contributed by atoms with Crippen molar-refractivity contribution in [3.8, 4) is 0 Å². The van der Waals surface area contributed by atoms with Gasteiger partial charge in [-0.1, -0.05) is 0 Å². The minimum atomic E-state index is 0.0214. The number of nitrogens with two attached hydrogens (primary N) is 1. The van der Waals surface area contributed by atoms with E-state index in [1.165, 1.54) is 17.9 Å². The fraction of sp³-hybridized carbons (Fsp3) is 0.462. The standard InChI is InChI=1S/C13H18N2OS/c1-9(16)12-4-3-10(7-13(12)14)15(2)11-5-6-17-8-11/h3-4,7,11H,5-6,8,14H2,1-2H3. The number of nitrogens with zero attached hydrogens (tertiary/aromatic N) is 1. The normalized spacial score (nSPS) is 19.3. The van der Waals surface area contributed by atoms with Crippen molar-refractivity contribution in [3.05, 3.63) is 23.8 Å². The Hall–Kier alpha value is -1.16. The maximum Gasteiger partial charge on any atom is 0.161 e. The first kappa shape index (κ1) is 12.3. The summed E-state index contributed by atoms with van der Waals surface area (Å²) >= 11 is 1.99. The summed E-state index contributed by atoms with van der Waals surface area (Å²) in [4.78, 5) is 13.6. The van der Waals surface area contributed by atoms with Gasteiger partial charge in [0.2, 0.25) is 0 Å². The smallest absolute Gasteiger partial charge is 0.161 e. The minimum absolute atomic E-state index is 0.0214. The van der Waals surface area contributed by atoms with E-state index in [2.05, 4.69) is 11.9 Å². The third kappa shape index (κ3) is 2.57. The molecule has 0 aromatic heterocycles. The SMILES string of the molecule is CC(=O)c1ccc(N(C)C2CCSC2)cc1N. The summed E-state index contributed by atoms with van der Waals surface area (Å²) in [6, 6.07) is 6.30. The maximum atomic E-state index is 11.3. The predicted molar refractivity (Wildman–Crippen MR) is 75.0 cm³/mol. The van der Waals surface area contributed by atoms with E-state index >= 15 is 0 Å². The van der Waals surface area contributed by atoms with E-state index in [4.69, 9.17) is 5.73 Å². The molecule has 0 bridgehead atoms. The maximum absolute atomic E-state index is 11.3. The minimum Gasteiger partial charge on any atom is -0.398 e. The van der Waals surface area contributed by atoms with E-state index in [1.54, 1.807) is 6.92 Å². The highest BCUT2D eigenvalue weighted by molar-refractivity contribution is 7.99. The first-order valence-electron chi connectivity index (χ1n) is 5.80. The van der Waals surface area contributed by atoms with Gasteiger partial charge in [0, 0.05) is 35.8 Å². The van der Waals surface area contributed by atoms with E-state index in [-0.39, 0.29) is 5.78 Å². The second-order valence-corrected chi connectivity index (χ2v) is 5.61. The molecule has 1 aromatic carbocycles. The molecule has 1 atom stereocenters. The van der Waals surface area contributed by atoms with Gasteiger partial charge in [0.1, 0.15) is 0 Å². The zero-order valence-corrected chi connectivity index (χ0v) is 11.1. The second kappa shape index (κ2) is 5.00. The second-order valence-electron chi connectivity index (χ2n) is 4.46. The van der Waals surface area contributed by atoms with Gasteiger partial charge in [-0.15, -0.1) is 0 Å². The van der Waals surface area contributed by atoms with E-state index in [9.17, 15) is 4.79 Å². The molecule has 0 saturated carbocycles. The number of carbonyl (C=O) groups excluding carboxylic acids is 1. The molecule has 92 valence electrons. The van der Waals surface area contributed by atoms with Crippen LogP contribution in [0.5, 0.6) is 0 Å². The summed E-state index contributed by atoms with van der Waals surface area (Å²) in [7, 11) is 2.10. The molecule has 2 N–H and O–H groups in total. The number of nitrogen functional groups attached to an aromatic ring is 1. The molecule has 4 heteroatoms. The Kier molecular flexibility index (Phi) is 3.62. The third-order valence-electron chi connectivity index (χ3n) is 3.28. The van der Waals surface area contributed by atoms with E-state index < -0.39 is 0 Å². The lowest BCUT2D eigenvalue weighted by atomic mass is 10.1. The number of Topliss-reactive ketones (excluding diaryl/α,β-unsaturated/α-hetero) is 1. The highest BCUT2D eigenvalue weighted by atomic mass is 32.2. The Balaban J connectivity index is 2.21. The van der Waals surface area contributed by atoms with Gasteiger partial charge in [0.15, 0.2) is 5.78 Å². The van der Waals surface area contributed by atoms with Crippen molar-refractivity contribution >= 4 is 28.9 Å². The van der Waals surface area contributed by atoms with Gasteiger partial charge in [-0.05, 0) is 37.3 Å². The first-order valence-corrected chi connectivity index (χ1v) is 6.96. The van der Waals surface area contributed by atoms with Crippen molar-refractivity contribution in [2.75, 3.05) is 29.2 Å². The Morgan fingerprint density at radius 1 is 1.53 bits per heavy atom. The van der Waals surface area contributed by atoms with E-state index in [0.29, 0.717) is 17.3 Å². The molecule has 1 fully saturated rings. The topological polar surface area (TPSA) is 46.3 Å². The average Bonchev–Trinajstić information content (AvgIpc) is 2.80. The highest BCUT2D eigenvalue weighted by Gasteiger charge is 2.20. The summed E-state index contributed by atoms with van der Waals surface area (Å²) in [6.07, 6.45) is 1.22. The van der Waals surface area contributed by atoms with E-state index in [0.717, 1.165) is 5.69 Å². The van der Waals surface area contributed by atoms with Gasteiger partial charge < -0.3 is 10.6 Å². The van der Waals surface area contributed by atoms with Crippen LogP contribution in [0.15, 0.2) is 18.2 Å². The first-order chi connectivity index (χ1) is 8.09. The van der Waals surface area contributed by atoms with Crippen LogP contribution in [0.3, 0.4) is 0 Å². The van der Waals surface area contributed by atoms with Crippen molar-refractivity contribution in [3.63, 3.8) is 0 Å². The lowest BCUT2D eigenvalue weighted by Crippen LogP contribution is -2.31. The molecule has 3 nitrogen and oxygen atoms in total. The molecule has 1 saturated heterocycles. The molecule has 1 unspecified atom stereocenters. The molecule has 0 amide bonds. The summed E-state index contributed by atoms with van der Waals surface area (Å²) < 4.78 is 0. The monoisotopic (exact) mass is 250 g/mol. The van der Waals surface area contributed by atoms with Gasteiger partial charge in [-0.25, -0.2) is 0 Å². The van der Waals surface area contributed by atoms with Crippen LogP contribution in [0.2, 0.25) is 0 Å². The van der Waals surface area contributed by atoms with Crippen molar-refractivity contribution in [2.45, 2.75) is 19.4 Å². The number of benzene rings is 1. The van der Waals surface area contributed by atoms with E-state index in [1.807, 2.05) is 30.0 Å². The lowest BCUT2D eigenvalue weighted by Gasteiger charge is -2.26. The van der Waals surface area contributed by atoms with Crippen molar-refractivity contribution in [2.24, 2.45) is 0 Å².